The van der Waals surface area contributed by atoms with Crippen LogP contribution in [-0.2, 0) is 4.74 Å². The van der Waals surface area contributed by atoms with Gasteiger partial charge in [0, 0.05) is 12.1 Å². The Morgan fingerprint density at radius 1 is 1.10 bits per heavy atom. The van der Waals surface area contributed by atoms with Crippen molar-refractivity contribution in [2.75, 3.05) is 13.2 Å². The number of amides is 1. The third kappa shape index (κ3) is 3.57. The zero-order chi connectivity index (χ0) is 21.3. The third-order valence-corrected chi connectivity index (χ3v) is 5.18. The van der Waals surface area contributed by atoms with E-state index in [4.69, 9.17) is 4.74 Å². The molecule has 1 N–H and O–H groups in total. The van der Waals surface area contributed by atoms with Crippen molar-refractivity contribution in [2.24, 2.45) is 0 Å². The lowest BCUT2D eigenvalue weighted by Crippen LogP contribution is -2.42. The van der Waals surface area contributed by atoms with E-state index in [1.165, 1.54) is 10.9 Å². The lowest BCUT2D eigenvalue weighted by atomic mass is 9.98. The Balaban J connectivity index is 1.80. The number of hydrogen-bond acceptors (Lipinski definition) is 5. The van der Waals surface area contributed by atoms with E-state index in [1.54, 1.807) is 35.5 Å². The molecule has 2 aromatic carbocycles. The molecule has 0 spiro atoms. The van der Waals surface area contributed by atoms with Gasteiger partial charge in [0.2, 0.25) is 0 Å². The lowest BCUT2D eigenvalue weighted by Gasteiger charge is -2.37. The molecule has 0 radical (unpaired) electrons. The van der Waals surface area contributed by atoms with Crippen LogP contribution in [0.15, 0.2) is 48.8 Å². The second kappa shape index (κ2) is 8.08. The number of carboxylic acid groups (broad SMARTS) is 1. The van der Waals surface area contributed by atoms with Crippen LogP contribution in [0, 0.1) is 13.8 Å². The van der Waals surface area contributed by atoms with E-state index in [0.29, 0.717) is 36.4 Å². The molecule has 1 atom stereocenters. The number of benzene rings is 2. The van der Waals surface area contributed by atoms with Crippen LogP contribution in [0.5, 0.6) is 0 Å². The monoisotopic (exact) mass is 406 g/mol. The minimum Gasteiger partial charge on any atom is -0.478 e. The molecule has 1 aromatic heterocycles. The number of aromatic carboxylic acids is 1. The summed E-state index contributed by atoms with van der Waals surface area (Å²) in [6, 6.07) is 10.6. The van der Waals surface area contributed by atoms with E-state index in [-0.39, 0.29) is 11.5 Å². The maximum absolute atomic E-state index is 13.7. The Morgan fingerprint density at radius 3 is 2.60 bits per heavy atom. The van der Waals surface area contributed by atoms with Gasteiger partial charge in [-0.1, -0.05) is 23.8 Å². The van der Waals surface area contributed by atoms with Crippen molar-refractivity contribution < 1.29 is 19.4 Å². The summed E-state index contributed by atoms with van der Waals surface area (Å²) in [5.41, 5.74) is 3.32. The Bertz CT molecular complexity index is 1090. The van der Waals surface area contributed by atoms with Gasteiger partial charge in [-0.3, -0.25) is 4.79 Å². The Morgan fingerprint density at radius 2 is 1.87 bits per heavy atom. The molecule has 1 unspecified atom stereocenters. The molecule has 1 fully saturated rings. The second-order valence-corrected chi connectivity index (χ2v) is 7.26. The maximum Gasteiger partial charge on any atom is 0.336 e. The first-order valence-electron chi connectivity index (χ1n) is 9.70. The summed E-state index contributed by atoms with van der Waals surface area (Å²) in [5, 5.41) is 18.0. The van der Waals surface area contributed by atoms with Crippen molar-refractivity contribution in [3.63, 3.8) is 0 Å². The van der Waals surface area contributed by atoms with Crippen LogP contribution in [0.4, 0.5) is 0 Å². The van der Waals surface area contributed by atoms with Gasteiger partial charge < -0.3 is 14.7 Å². The van der Waals surface area contributed by atoms with Crippen molar-refractivity contribution in [1.82, 2.24) is 19.9 Å². The molecule has 2 heterocycles. The minimum absolute atomic E-state index is 0.137. The molecular formula is C22H22N4O4. The van der Waals surface area contributed by atoms with Crippen LogP contribution < -0.4 is 0 Å². The predicted octanol–water partition coefficient (Wildman–Crippen LogP) is 3.14. The van der Waals surface area contributed by atoms with Crippen LogP contribution in [0.2, 0.25) is 0 Å². The third-order valence-electron chi connectivity index (χ3n) is 5.18. The fourth-order valence-electron chi connectivity index (χ4n) is 3.77. The number of ether oxygens (including phenoxy) is 1. The molecule has 0 saturated carbocycles. The quantitative estimate of drug-likeness (QED) is 0.715. The first-order chi connectivity index (χ1) is 14.5. The highest BCUT2D eigenvalue weighted by Crippen LogP contribution is 2.33. The van der Waals surface area contributed by atoms with Gasteiger partial charge in [0.15, 0.2) is 6.23 Å². The summed E-state index contributed by atoms with van der Waals surface area (Å²) in [6.45, 7) is 4.64. The highest BCUT2D eigenvalue weighted by atomic mass is 16.5. The summed E-state index contributed by atoms with van der Waals surface area (Å²) in [7, 11) is 0. The molecule has 154 valence electrons. The molecule has 0 bridgehead atoms. The van der Waals surface area contributed by atoms with E-state index in [0.717, 1.165) is 11.1 Å². The fourth-order valence-corrected chi connectivity index (χ4v) is 3.77. The van der Waals surface area contributed by atoms with Gasteiger partial charge >= 0.3 is 5.97 Å². The van der Waals surface area contributed by atoms with Crippen LogP contribution in [-0.4, -0.2) is 50.0 Å². The number of aromatic nitrogens is 3. The summed E-state index contributed by atoms with van der Waals surface area (Å²) in [5.74, 6) is -1.30. The molecular weight excluding hydrogens is 384 g/mol. The van der Waals surface area contributed by atoms with Crippen LogP contribution in [0.1, 0.15) is 50.1 Å². The van der Waals surface area contributed by atoms with Gasteiger partial charge in [-0.05, 0) is 44.0 Å². The number of hydrogen-bond donors (Lipinski definition) is 1. The molecule has 1 saturated heterocycles. The molecule has 1 aliphatic rings. The normalized spacial score (nSPS) is 16.5. The standard InChI is InChI=1S/C22H22N4O4/c1-14-7-8-18(26-23-9-10-24-26)17(13-14)20(27)25-11-4-12-30-21(25)19-15(2)5-3-6-16(19)22(28)29/h3,5-10,13,21H,4,11-12H2,1-2H3,(H,28,29). The largest absolute Gasteiger partial charge is 0.478 e. The number of carbonyl (C=O) groups is 2. The zero-order valence-electron chi connectivity index (χ0n) is 16.8. The van der Waals surface area contributed by atoms with Gasteiger partial charge in [-0.25, -0.2) is 4.79 Å². The van der Waals surface area contributed by atoms with Gasteiger partial charge in [0.25, 0.3) is 5.91 Å². The zero-order valence-corrected chi connectivity index (χ0v) is 16.8. The minimum atomic E-state index is -1.05. The molecule has 1 amide bonds. The van der Waals surface area contributed by atoms with Gasteiger partial charge in [0.1, 0.15) is 0 Å². The lowest BCUT2D eigenvalue weighted by molar-refractivity contribution is -0.0805. The Labute approximate surface area is 173 Å². The van der Waals surface area contributed by atoms with Crippen molar-refractivity contribution in [2.45, 2.75) is 26.5 Å². The number of aryl methyl sites for hydroxylation is 2. The summed E-state index contributed by atoms with van der Waals surface area (Å²) in [4.78, 5) is 28.5. The van der Waals surface area contributed by atoms with E-state index in [1.807, 2.05) is 26.0 Å². The van der Waals surface area contributed by atoms with Gasteiger partial charge in [-0.15, -0.1) is 0 Å². The van der Waals surface area contributed by atoms with E-state index >= 15 is 0 Å². The van der Waals surface area contributed by atoms with Crippen molar-refractivity contribution in [3.05, 3.63) is 76.6 Å². The van der Waals surface area contributed by atoms with Crippen molar-refractivity contribution >= 4 is 11.9 Å². The van der Waals surface area contributed by atoms with Crippen LogP contribution in [0.3, 0.4) is 0 Å². The Kier molecular flexibility index (Phi) is 5.33. The van der Waals surface area contributed by atoms with Crippen LogP contribution >= 0.6 is 0 Å². The SMILES string of the molecule is Cc1ccc(-n2nccn2)c(C(=O)N2CCCOC2c2c(C)cccc2C(=O)O)c1. The summed E-state index contributed by atoms with van der Waals surface area (Å²) in [6.07, 6.45) is 2.98. The highest BCUT2D eigenvalue weighted by Gasteiger charge is 2.34. The molecule has 0 aliphatic carbocycles. The van der Waals surface area contributed by atoms with E-state index in [2.05, 4.69) is 10.2 Å². The smallest absolute Gasteiger partial charge is 0.336 e. The molecule has 8 nitrogen and oxygen atoms in total. The van der Waals surface area contributed by atoms with Crippen molar-refractivity contribution in [3.8, 4) is 5.69 Å². The molecule has 8 heteroatoms. The predicted molar refractivity (Wildman–Crippen MR) is 109 cm³/mol. The number of nitrogens with zero attached hydrogens (tertiary/aromatic N) is 4. The molecule has 3 aromatic rings. The van der Waals surface area contributed by atoms with E-state index < -0.39 is 12.2 Å². The molecule has 1 aliphatic heterocycles. The topological polar surface area (TPSA) is 97.5 Å². The summed E-state index contributed by atoms with van der Waals surface area (Å²) < 4.78 is 5.96. The van der Waals surface area contributed by atoms with E-state index in [9.17, 15) is 14.7 Å². The first-order valence-corrected chi connectivity index (χ1v) is 9.70. The number of carboxylic acids is 1. The van der Waals surface area contributed by atoms with Gasteiger partial charge in [0.05, 0.1) is 35.8 Å². The first kappa shape index (κ1) is 19.8. The summed E-state index contributed by atoms with van der Waals surface area (Å²) >= 11 is 0. The number of carbonyl (C=O) groups excluding carboxylic acids is 1. The molecule has 4 rings (SSSR count). The highest BCUT2D eigenvalue weighted by molar-refractivity contribution is 5.98. The Hall–Kier alpha value is -3.52. The second-order valence-electron chi connectivity index (χ2n) is 7.26. The van der Waals surface area contributed by atoms with Crippen molar-refractivity contribution in [1.29, 1.82) is 0 Å². The molecule has 30 heavy (non-hydrogen) atoms. The average molecular weight is 406 g/mol. The van der Waals surface area contributed by atoms with Crippen LogP contribution in [0.25, 0.3) is 5.69 Å². The average Bonchev–Trinajstić information content (AvgIpc) is 3.27. The number of rotatable bonds is 4. The fraction of sp³-hybridized carbons (Fsp3) is 0.273. The van der Waals surface area contributed by atoms with Gasteiger partial charge in [-0.2, -0.15) is 15.0 Å². The maximum atomic E-state index is 13.7.